The number of rotatable bonds is 5. The number of nitrogens with zero attached hydrogens (tertiary/aromatic N) is 3. The van der Waals surface area contributed by atoms with Crippen LogP contribution in [-0.4, -0.2) is 50.9 Å². The van der Waals surface area contributed by atoms with Gasteiger partial charge in [-0.2, -0.15) is 5.10 Å². The molecule has 3 aliphatic rings. The molecular formula is C21H22N6O4. The Kier molecular flexibility index (Phi) is 4.87. The second kappa shape index (κ2) is 7.71. The minimum Gasteiger partial charge on any atom is -0.309 e. The van der Waals surface area contributed by atoms with Crippen molar-refractivity contribution in [2.45, 2.75) is 45.1 Å². The van der Waals surface area contributed by atoms with Crippen LogP contribution >= 0.6 is 0 Å². The van der Waals surface area contributed by atoms with Crippen LogP contribution in [0, 0.1) is 0 Å². The van der Waals surface area contributed by atoms with Crippen molar-refractivity contribution < 1.29 is 19.2 Å². The third-order valence-electron chi connectivity index (χ3n) is 5.86. The topological polar surface area (TPSA) is 125 Å². The third-order valence-corrected chi connectivity index (χ3v) is 5.86. The number of hydrogen-bond acceptors (Lipinski definition) is 7. The van der Waals surface area contributed by atoms with Gasteiger partial charge < -0.3 is 10.6 Å². The molecule has 2 aromatic rings. The Labute approximate surface area is 178 Å². The molecule has 1 aromatic carbocycles. The standard InChI is InChI=1S/C21H22N6O4/c28-18-4-3-17(19(29)24-18)27-20(30)15-2-1-12(7-16(15)21(27)31)9-23-10-13-8-14-11-22-5-6-26(14)25-13/h1-2,7-8,17,22-23H,3-6,9-11H2,(H,24,28,29). The van der Waals surface area contributed by atoms with E-state index < -0.39 is 23.8 Å². The predicted molar refractivity (Wildman–Crippen MR) is 108 cm³/mol. The average molecular weight is 422 g/mol. The molecule has 0 aliphatic carbocycles. The highest BCUT2D eigenvalue weighted by atomic mass is 16.2. The van der Waals surface area contributed by atoms with Crippen LogP contribution in [0.5, 0.6) is 0 Å². The second-order valence-corrected chi connectivity index (χ2v) is 7.96. The maximum absolute atomic E-state index is 12.9. The lowest BCUT2D eigenvalue weighted by atomic mass is 10.0. The predicted octanol–water partition coefficient (Wildman–Crippen LogP) is -0.323. The van der Waals surface area contributed by atoms with Crippen LogP contribution in [0.15, 0.2) is 24.3 Å². The zero-order valence-electron chi connectivity index (χ0n) is 16.8. The molecule has 0 bridgehead atoms. The van der Waals surface area contributed by atoms with Crippen LogP contribution in [0.2, 0.25) is 0 Å². The lowest BCUT2D eigenvalue weighted by Crippen LogP contribution is -2.54. The zero-order chi connectivity index (χ0) is 21.5. The summed E-state index contributed by atoms with van der Waals surface area (Å²) in [7, 11) is 0. The van der Waals surface area contributed by atoms with E-state index in [4.69, 9.17) is 0 Å². The van der Waals surface area contributed by atoms with Gasteiger partial charge in [0.2, 0.25) is 11.8 Å². The molecule has 4 heterocycles. The van der Waals surface area contributed by atoms with E-state index in [0.29, 0.717) is 13.1 Å². The number of hydrogen-bond donors (Lipinski definition) is 3. The molecule has 10 heteroatoms. The van der Waals surface area contributed by atoms with Crippen molar-refractivity contribution in [1.82, 2.24) is 30.6 Å². The summed E-state index contributed by atoms with van der Waals surface area (Å²) >= 11 is 0. The van der Waals surface area contributed by atoms with Crippen molar-refractivity contribution in [3.05, 3.63) is 52.3 Å². The minimum absolute atomic E-state index is 0.104. The SMILES string of the molecule is O=C1CCC(N2C(=O)c3ccc(CNCc4cc5n(n4)CCNC5)cc3C2=O)C(=O)N1. The second-order valence-electron chi connectivity index (χ2n) is 7.96. The molecule has 0 radical (unpaired) electrons. The van der Waals surface area contributed by atoms with Crippen molar-refractivity contribution in [3.63, 3.8) is 0 Å². The van der Waals surface area contributed by atoms with E-state index in [9.17, 15) is 19.2 Å². The Morgan fingerprint density at radius 1 is 1.06 bits per heavy atom. The van der Waals surface area contributed by atoms with Crippen LogP contribution in [0.1, 0.15) is 50.5 Å². The average Bonchev–Trinajstić information content (AvgIpc) is 3.27. The molecule has 0 spiro atoms. The van der Waals surface area contributed by atoms with Crippen LogP contribution in [0.4, 0.5) is 0 Å². The third kappa shape index (κ3) is 3.53. The van der Waals surface area contributed by atoms with Gasteiger partial charge in [-0.25, -0.2) is 0 Å². The summed E-state index contributed by atoms with van der Waals surface area (Å²) in [5.74, 6) is -1.98. The van der Waals surface area contributed by atoms with Gasteiger partial charge in [0.1, 0.15) is 6.04 Å². The summed E-state index contributed by atoms with van der Waals surface area (Å²) in [6, 6.07) is 6.23. The fourth-order valence-electron chi connectivity index (χ4n) is 4.30. The molecule has 4 amide bonds. The molecule has 3 N–H and O–H groups in total. The van der Waals surface area contributed by atoms with Crippen molar-refractivity contribution in [1.29, 1.82) is 0 Å². The van der Waals surface area contributed by atoms with Crippen LogP contribution in [0.3, 0.4) is 0 Å². The van der Waals surface area contributed by atoms with E-state index >= 15 is 0 Å². The molecule has 160 valence electrons. The fraction of sp³-hybridized carbons (Fsp3) is 0.381. The minimum atomic E-state index is -0.951. The maximum atomic E-state index is 12.9. The highest BCUT2D eigenvalue weighted by Gasteiger charge is 2.44. The van der Waals surface area contributed by atoms with E-state index in [2.05, 4.69) is 27.1 Å². The van der Waals surface area contributed by atoms with Crippen molar-refractivity contribution in [2.24, 2.45) is 0 Å². The first-order valence-electron chi connectivity index (χ1n) is 10.3. The van der Waals surface area contributed by atoms with E-state index in [1.165, 1.54) is 5.69 Å². The Bertz CT molecular complexity index is 1080. The summed E-state index contributed by atoms with van der Waals surface area (Å²) in [4.78, 5) is 50.2. The molecular weight excluding hydrogens is 400 g/mol. The number of imide groups is 2. The summed E-state index contributed by atoms with van der Waals surface area (Å²) < 4.78 is 2.01. The van der Waals surface area contributed by atoms with Crippen LogP contribution in [0.25, 0.3) is 0 Å². The molecule has 1 atom stereocenters. The fourth-order valence-corrected chi connectivity index (χ4v) is 4.30. The molecule has 31 heavy (non-hydrogen) atoms. The van der Waals surface area contributed by atoms with Crippen molar-refractivity contribution in [2.75, 3.05) is 6.54 Å². The summed E-state index contributed by atoms with van der Waals surface area (Å²) in [6.45, 7) is 3.69. The normalized spacial score (nSPS) is 20.6. The van der Waals surface area contributed by atoms with E-state index in [-0.39, 0.29) is 29.9 Å². The zero-order valence-corrected chi connectivity index (χ0v) is 16.8. The Balaban J connectivity index is 1.26. The molecule has 0 saturated carbocycles. The number of amides is 4. The van der Waals surface area contributed by atoms with Crippen LogP contribution in [-0.2, 0) is 35.8 Å². The van der Waals surface area contributed by atoms with E-state index in [1.54, 1.807) is 18.2 Å². The van der Waals surface area contributed by atoms with Gasteiger partial charge in [-0.15, -0.1) is 0 Å². The molecule has 1 fully saturated rings. The van der Waals surface area contributed by atoms with Gasteiger partial charge in [0.15, 0.2) is 0 Å². The molecule has 1 aromatic heterocycles. The van der Waals surface area contributed by atoms with Gasteiger partial charge in [-0.05, 0) is 30.2 Å². The number of fused-ring (bicyclic) bond motifs is 2. The van der Waals surface area contributed by atoms with Gasteiger partial charge >= 0.3 is 0 Å². The summed E-state index contributed by atoms with van der Waals surface area (Å²) in [5, 5.41) is 13.4. The molecule has 1 saturated heterocycles. The first-order valence-corrected chi connectivity index (χ1v) is 10.3. The number of aromatic nitrogens is 2. The maximum Gasteiger partial charge on any atom is 0.262 e. The summed E-state index contributed by atoms with van der Waals surface area (Å²) in [5.41, 5.74) is 3.55. The van der Waals surface area contributed by atoms with Gasteiger partial charge in [0.05, 0.1) is 29.1 Å². The monoisotopic (exact) mass is 422 g/mol. The Hall–Kier alpha value is -3.37. The highest BCUT2D eigenvalue weighted by molar-refractivity contribution is 6.23. The quantitative estimate of drug-likeness (QED) is 0.564. The van der Waals surface area contributed by atoms with Gasteiger partial charge in [-0.3, -0.25) is 34.1 Å². The largest absolute Gasteiger partial charge is 0.309 e. The highest BCUT2D eigenvalue weighted by Crippen LogP contribution is 2.28. The van der Waals surface area contributed by atoms with E-state index in [0.717, 1.165) is 35.8 Å². The molecule has 1 unspecified atom stereocenters. The smallest absolute Gasteiger partial charge is 0.262 e. The Morgan fingerprint density at radius 2 is 1.90 bits per heavy atom. The molecule has 10 nitrogen and oxygen atoms in total. The number of carbonyl (C=O) groups excluding carboxylic acids is 4. The lowest BCUT2D eigenvalue weighted by Gasteiger charge is -2.27. The first kappa shape index (κ1) is 19.6. The van der Waals surface area contributed by atoms with Gasteiger partial charge in [-0.1, -0.05) is 6.07 Å². The number of nitrogens with one attached hydrogen (secondary N) is 3. The van der Waals surface area contributed by atoms with Crippen LogP contribution < -0.4 is 16.0 Å². The van der Waals surface area contributed by atoms with Crippen molar-refractivity contribution in [3.8, 4) is 0 Å². The Morgan fingerprint density at radius 3 is 2.71 bits per heavy atom. The van der Waals surface area contributed by atoms with Gasteiger partial charge in [0.25, 0.3) is 11.8 Å². The lowest BCUT2D eigenvalue weighted by molar-refractivity contribution is -0.136. The first-order chi connectivity index (χ1) is 15.0. The number of piperidine rings is 1. The van der Waals surface area contributed by atoms with Crippen molar-refractivity contribution >= 4 is 23.6 Å². The number of carbonyl (C=O) groups is 4. The molecule has 5 rings (SSSR count). The van der Waals surface area contributed by atoms with E-state index in [1.807, 2.05) is 4.68 Å². The molecule has 3 aliphatic heterocycles. The summed E-state index contributed by atoms with van der Waals surface area (Å²) in [6.07, 6.45) is 0.251. The number of benzene rings is 1. The van der Waals surface area contributed by atoms with Gasteiger partial charge in [0, 0.05) is 32.6 Å².